The lowest BCUT2D eigenvalue weighted by Gasteiger charge is -2.30. The highest BCUT2D eigenvalue weighted by molar-refractivity contribution is 5.94. The zero-order chi connectivity index (χ0) is 17.6. The third-order valence-electron chi connectivity index (χ3n) is 4.71. The molecule has 1 aromatic carbocycles. The summed E-state index contributed by atoms with van der Waals surface area (Å²) in [6.45, 7) is 4.58. The number of pyridine rings is 1. The first-order valence-corrected chi connectivity index (χ1v) is 8.84. The van der Waals surface area contributed by atoms with Gasteiger partial charge in [0.15, 0.2) is 0 Å². The maximum atomic E-state index is 12.9. The second kappa shape index (κ2) is 8.10. The van der Waals surface area contributed by atoms with Crippen molar-refractivity contribution in [1.82, 2.24) is 9.88 Å². The van der Waals surface area contributed by atoms with Gasteiger partial charge in [0.25, 0.3) is 5.91 Å². The molecule has 1 saturated heterocycles. The highest BCUT2D eigenvalue weighted by atomic mass is 19.1. The number of rotatable bonds is 5. The number of aromatic nitrogens is 1. The van der Waals surface area contributed by atoms with E-state index in [9.17, 15) is 9.18 Å². The number of nitrogens with zero attached hydrogens (tertiary/aromatic N) is 2. The first kappa shape index (κ1) is 17.4. The minimum absolute atomic E-state index is 0.0570. The van der Waals surface area contributed by atoms with Gasteiger partial charge in [0, 0.05) is 32.0 Å². The van der Waals surface area contributed by atoms with E-state index < -0.39 is 0 Å². The number of piperidine rings is 1. The summed E-state index contributed by atoms with van der Waals surface area (Å²) >= 11 is 0. The van der Waals surface area contributed by atoms with E-state index in [0.29, 0.717) is 18.0 Å². The monoisotopic (exact) mass is 341 g/mol. The zero-order valence-electron chi connectivity index (χ0n) is 14.5. The first-order chi connectivity index (χ1) is 12.1. The predicted octanol–water partition coefficient (Wildman–Crippen LogP) is 3.75. The van der Waals surface area contributed by atoms with Crippen LogP contribution >= 0.6 is 0 Å². The number of halogens is 1. The van der Waals surface area contributed by atoms with Gasteiger partial charge < -0.3 is 10.2 Å². The molecule has 0 atom stereocenters. The molecule has 0 bridgehead atoms. The number of carbonyl (C=O) groups excluding carboxylic acids is 1. The molecule has 132 valence electrons. The predicted molar refractivity (Wildman–Crippen MR) is 97.1 cm³/mol. The molecule has 0 radical (unpaired) electrons. The van der Waals surface area contributed by atoms with Crippen molar-refractivity contribution in [2.45, 2.75) is 26.2 Å². The molecule has 0 unspecified atom stereocenters. The Labute approximate surface area is 148 Å². The Balaban J connectivity index is 1.55. The molecule has 0 aliphatic carbocycles. The molecule has 3 rings (SSSR count). The molecule has 2 aromatic rings. The number of hydrogen-bond acceptors (Lipinski definition) is 3. The van der Waals surface area contributed by atoms with E-state index in [1.54, 1.807) is 24.5 Å². The van der Waals surface area contributed by atoms with Crippen LogP contribution in [0.15, 0.2) is 42.7 Å². The van der Waals surface area contributed by atoms with E-state index in [2.05, 4.69) is 17.2 Å². The molecule has 25 heavy (non-hydrogen) atoms. The number of carbonyl (C=O) groups is 1. The number of benzene rings is 1. The molecule has 1 N–H and O–H groups in total. The Hall–Kier alpha value is -2.43. The topological polar surface area (TPSA) is 45.2 Å². The van der Waals surface area contributed by atoms with Gasteiger partial charge in [-0.15, -0.1) is 0 Å². The van der Waals surface area contributed by atoms with Gasteiger partial charge in [-0.1, -0.05) is 19.1 Å². The second-order valence-electron chi connectivity index (χ2n) is 6.74. The van der Waals surface area contributed by atoms with E-state index in [1.807, 2.05) is 11.0 Å². The fourth-order valence-corrected chi connectivity index (χ4v) is 3.05. The van der Waals surface area contributed by atoms with Crippen LogP contribution in [0.5, 0.6) is 0 Å². The maximum absolute atomic E-state index is 12.9. The van der Waals surface area contributed by atoms with Crippen LogP contribution < -0.4 is 5.32 Å². The van der Waals surface area contributed by atoms with E-state index in [4.69, 9.17) is 0 Å². The van der Waals surface area contributed by atoms with Crippen molar-refractivity contribution >= 4 is 11.6 Å². The van der Waals surface area contributed by atoms with Gasteiger partial charge in [-0.05, 0) is 48.9 Å². The third-order valence-corrected chi connectivity index (χ3v) is 4.71. The van der Waals surface area contributed by atoms with Gasteiger partial charge in [-0.3, -0.25) is 9.78 Å². The Morgan fingerprint density at radius 3 is 2.68 bits per heavy atom. The number of nitrogens with one attached hydrogen (secondary N) is 1. The summed E-state index contributed by atoms with van der Waals surface area (Å²) < 4.78 is 12.9. The van der Waals surface area contributed by atoms with Crippen LogP contribution in [0.3, 0.4) is 0 Å². The Bertz CT molecular complexity index is 709. The molecule has 1 amide bonds. The third kappa shape index (κ3) is 4.78. The van der Waals surface area contributed by atoms with E-state index >= 15 is 0 Å². The molecule has 1 fully saturated rings. The zero-order valence-corrected chi connectivity index (χ0v) is 14.5. The standard InChI is InChI=1S/C20H24FN3O/c1-15-7-10-24(11-8-15)20(25)17-12-19(14-22-13-17)23-9-6-16-2-4-18(21)5-3-16/h2-5,12-15,23H,6-11H2,1H3. The quantitative estimate of drug-likeness (QED) is 0.901. The first-order valence-electron chi connectivity index (χ1n) is 8.84. The summed E-state index contributed by atoms with van der Waals surface area (Å²) in [4.78, 5) is 18.7. The average molecular weight is 341 g/mol. The minimum Gasteiger partial charge on any atom is -0.383 e. The number of amides is 1. The van der Waals surface area contributed by atoms with Gasteiger partial charge >= 0.3 is 0 Å². The Morgan fingerprint density at radius 1 is 1.24 bits per heavy atom. The van der Waals surface area contributed by atoms with Gasteiger partial charge in [-0.2, -0.15) is 0 Å². The van der Waals surface area contributed by atoms with Crippen LogP contribution in [0.4, 0.5) is 10.1 Å². The lowest BCUT2D eigenvalue weighted by Crippen LogP contribution is -2.37. The maximum Gasteiger partial charge on any atom is 0.255 e. The van der Waals surface area contributed by atoms with Crippen molar-refractivity contribution < 1.29 is 9.18 Å². The van der Waals surface area contributed by atoms with Crippen molar-refractivity contribution in [3.63, 3.8) is 0 Å². The summed E-state index contributed by atoms with van der Waals surface area (Å²) in [6.07, 6.45) is 6.26. The molecule has 1 aromatic heterocycles. The lowest BCUT2D eigenvalue weighted by atomic mass is 9.99. The highest BCUT2D eigenvalue weighted by Crippen LogP contribution is 2.19. The molecular weight excluding hydrogens is 317 g/mol. The van der Waals surface area contributed by atoms with Gasteiger partial charge in [0.05, 0.1) is 11.3 Å². The van der Waals surface area contributed by atoms with Crippen LogP contribution in [0.1, 0.15) is 35.7 Å². The largest absolute Gasteiger partial charge is 0.383 e. The summed E-state index contributed by atoms with van der Waals surface area (Å²) in [5, 5.41) is 3.29. The van der Waals surface area contributed by atoms with Crippen molar-refractivity contribution in [2.24, 2.45) is 5.92 Å². The molecular formula is C20H24FN3O. The fraction of sp³-hybridized carbons (Fsp3) is 0.400. The molecule has 5 heteroatoms. The van der Waals surface area contributed by atoms with Crippen molar-refractivity contribution in [1.29, 1.82) is 0 Å². The Kier molecular flexibility index (Phi) is 5.64. The number of likely N-dealkylation sites (tertiary alicyclic amines) is 1. The molecule has 1 aliphatic heterocycles. The highest BCUT2D eigenvalue weighted by Gasteiger charge is 2.21. The average Bonchev–Trinajstić information content (AvgIpc) is 2.64. The van der Waals surface area contributed by atoms with Crippen LogP contribution in [0.25, 0.3) is 0 Å². The second-order valence-corrected chi connectivity index (χ2v) is 6.74. The van der Waals surface area contributed by atoms with Gasteiger partial charge in [-0.25, -0.2) is 4.39 Å². The van der Waals surface area contributed by atoms with Crippen LogP contribution in [-0.2, 0) is 6.42 Å². The van der Waals surface area contributed by atoms with Crippen molar-refractivity contribution in [2.75, 3.05) is 25.0 Å². The van der Waals surface area contributed by atoms with Gasteiger partial charge in [0.2, 0.25) is 0 Å². The molecule has 0 saturated carbocycles. The molecule has 4 nitrogen and oxygen atoms in total. The normalized spacial score (nSPS) is 15.2. The SMILES string of the molecule is CC1CCN(C(=O)c2cncc(NCCc3ccc(F)cc3)c2)CC1. The van der Waals surface area contributed by atoms with Crippen LogP contribution in [0.2, 0.25) is 0 Å². The molecule has 2 heterocycles. The van der Waals surface area contributed by atoms with E-state index in [0.717, 1.165) is 43.6 Å². The smallest absolute Gasteiger partial charge is 0.255 e. The minimum atomic E-state index is -0.223. The number of hydrogen-bond donors (Lipinski definition) is 1. The number of anilines is 1. The van der Waals surface area contributed by atoms with Gasteiger partial charge in [0.1, 0.15) is 5.82 Å². The van der Waals surface area contributed by atoms with Crippen LogP contribution in [0, 0.1) is 11.7 Å². The fourth-order valence-electron chi connectivity index (χ4n) is 3.05. The summed E-state index contributed by atoms with van der Waals surface area (Å²) in [5.74, 6) is 0.530. The Morgan fingerprint density at radius 2 is 1.96 bits per heavy atom. The van der Waals surface area contributed by atoms with E-state index in [1.165, 1.54) is 12.1 Å². The molecule has 1 aliphatic rings. The summed E-state index contributed by atoms with van der Waals surface area (Å²) in [6, 6.07) is 8.36. The summed E-state index contributed by atoms with van der Waals surface area (Å²) in [7, 11) is 0. The van der Waals surface area contributed by atoms with Crippen molar-refractivity contribution in [3.05, 3.63) is 59.7 Å². The molecule has 0 spiro atoms. The van der Waals surface area contributed by atoms with Crippen molar-refractivity contribution in [3.8, 4) is 0 Å². The van der Waals surface area contributed by atoms with E-state index in [-0.39, 0.29) is 11.7 Å². The lowest BCUT2D eigenvalue weighted by molar-refractivity contribution is 0.0697. The van der Waals surface area contributed by atoms with Crippen LogP contribution in [-0.4, -0.2) is 35.4 Å². The summed E-state index contributed by atoms with van der Waals surface area (Å²) in [5.41, 5.74) is 2.52.